The molecule has 0 atom stereocenters. The Bertz CT molecular complexity index is 564. The molecule has 0 aliphatic heterocycles. The topological polar surface area (TPSA) is 61.6 Å². The molecular formula is C11H10FNO4. The highest BCUT2D eigenvalue weighted by molar-refractivity contribution is 5.80. The highest BCUT2D eigenvalue weighted by atomic mass is 19.1. The second kappa shape index (κ2) is 4.40. The molecule has 1 heterocycles. The quantitative estimate of drug-likeness (QED) is 0.769. The number of fused-ring (bicyclic) bond motifs is 1. The Morgan fingerprint density at radius 2 is 2.29 bits per heavy atom. The summed E-state index contributed by atoms with van der Waals surface area (Å²) >= 11 is 0. The van der Waals surface area contributed by atoms with E-state index in [1.54, 1.807) is 6.92 Å². The lowest BCUT2D eigenvalue weighted by Gasteiger charge is -1.98. The molecule has 0 radical (unpaired) electrons. The van der Waals surface area contributed by atoms with Crippen molar-refractivity contribution >= 4 is 17.1 Å². The molecule has 0 bridgehead atoms. The van der Waals surface area contributed by atoms with Gasteiger partial charge in [0.1, 0.15) is 11.3 Å². The van der Waals surface area contributed by atoms with Gasteiger partial charge in [0.15, 0.2) is 5.75 Å². The minimum atomic E-state index is -0.504. The van der Waals surface area contributed by atoms with Crippen LogP contribution < -0.4 is 9.47 Å². The molecule has 0 N–H and O–H groups in total. The molecule has 90 valence electrons. The average Bonchev–Trinajstić information content (AvgIpc) is 2.69. The number of hydrogen-bond donors (Lipinski definition) is 0. The summed E-state index contributed by atoms with van der Waals surface area (Å²) in [6.45, 7) is 1.64. The Labute approximate surface area is 96.1 Å². The number of aromatic nitrogens is 1. The van der Waals surface area contributed by atoms with Gasteiger partial charge in [-0.15, -0.1) is 0 Å². The molecule has 0 saturated carbocycles. The number of halogens is 1. The number of oxazole rings is 1. The van der Waals surface area contributed by atoms with Crippen LogP contribution in [-0.2, 0) is 4.79 Å². The zero-order valence-corrected chi connectivity index (χ0v) is 9.32. The number of methoxy groups -OCH3 is 1. The third-order valence-electron chi connectivity index (χ3n) is 2.11. The first-order valence-corrected chi connectivity index (χ1v) is 4.98. The van der Waals surface area contributed by atoms with Crippen LogP contribution in [0, 0.1) is 5.82 Å². The van der Waals surface area contributed by atoms with Crippen molar-refractivity contribution in [3.05, 3.63) is 17.9 Å². The van der Waals surface area contributed by atoms with Crippen LogP contribution in [0.15, 0.2) is 16.5 Å². The predicted octanol–water partition coefficient (Wildman–Crippen LogP) is 2.29. The summed E-state index contributed by atoms with van der Waals surface area (Å²) < 4.78 is 28.1. The zero-order chi connectivity index (χ0) is 12.4. The molecule has 0 unspecified atom stereocenters. The Hall–Kier alpha value is -2.11. The van der Waals surface area contributed by atoms with E-state index in [0.29, 0.717) is 0 Å². The fourth-order valence-corrected chi connectivity index (χ4v) is 1.31. The van der Waals surface area contributed by atoms with Crippen molar-refractivity contribution in [3.63, 3.8) is 0 Å². The summed E-state index contributed by atoms with van der Waals surface area (Å²) in [6, 6.07) is 2.34. The zero-order valence-electron chi connectivity index (χ0n) is 9.32. The Kier molecular flexibility index (Phi) is 2.95. The molecule has 0 fully saturated rings. The SMILES string of the molecule is CCC(=O)Oc1nc2cc(F)cc(OC)c2o1. The van der Waals surface area contributed by atoms with E-state index >= 15 is 0 Å². The van der Waals surface area contributed by atoms with Gasteiger partial charge in [-0.25, -0.2) is 4.39 Å². The van der Waals surface area contributed by atoms with Gasteiger partial charge >= 0.3 is 12.0 Å². The molecule has 0 aliphatic rings. The molecule has 6 heteroatoms. The van der Waals surface area contributed by atoms with Gasteiger partial charge < -0.3 is 13.9 Å². The van der Waals surface area contributed by atoms with Crippen molar-refractivity contribution in [1.82, 2.24) is 4.98 Å². The standard InChI is InChI=1S/C11H10FNO4/c1-3-9(14)16-11-13-7-4-6(12)5-8(15-2)10(7)17-11/h4-5H,3H2,1-2H3. The maximum Gasteiger partial charge on any atom is 0.402 e. The second-order valence-corrected chi connectivity index (χ2v) is 3.26. The summed E-state index contributed by atoms with van der Waals surface area (Å²) in [7, 11) is 1.38. The number of carbonyl (C=O) groups excluding carboxylic acids is 1. The summed E-state index contributed by atoms with van der Waals surface area (Å²) in [5, 5.41) is 0. The molecule has 0 aliphatic carbocycles. The maximum atomic E-state index is 13.2. The molecule has 2 rings (SSSR count). The smallest absolute Gasteiger partial charge is 0.402 e. The number of hydrogen-bond acceptors (Lipinski definition) is 5. The number of nitrogens with zero attached hydrogens (tertiary/aromatic N) is 1. The van der Waals surface area contributed by atoms with E-state index in [-0.39, 0.29) is 29.3 Å². The minimum Gasteiger partial charge on any atom is -0.493 e. The number of esters is 1. The highest BCUT2D eigenvalue weighted by Gasteiger charge is 2.15. The number of ether oxygens (including phenoxy) is 2. The van der Waals surface area contributed by atoms with Gasteiger partial charge in [0.2, 0.25) is 5.58 Å². The Morgan fingerprint density at radius 3 is 2.94 bits per heavy atom. The predicted molar refractivity (Wildman–Crippen MR) is 56.4 cm³/mol. The fraction of sp³-hybridized carbons (Fsp3) is 0.273. The second-order valence-electron chi connectivity index (χ2n) is 3.26. The minimum absolute atomic E-state index is 0.199. The summed E-state index contributed by atoms with van der Waals surface area (Å²) in [5.41, 5.74) is 0.480. The molecule has 17 heavy (non-hydrogen) atoms. The first-order valence-electron chi connectivity index (χ1n) is 4.98. The monoisotopic (exact) mass is 239 g/mol. The van der Waals surface area contributed by atoms with Gasteiger partial charge in [-0.1, -0.05) is 6.92 Å². The van der Waals surface area contributed by atoms with Gasteiger partial charge in [0, 0.05) is 18.6 Å². The number of rotatable bonds is 3. The first kappa shape index (κ1) is 11.4. The van der Waals surface area contributed by atoms with Crippen molar-refractivity contribution in [1.29, 1.82) is 0 Å². The maximum absolute atomic E-state index is 13.2. The van der Waals surface area contributed by atoms with Crippen LogP contribution in [-0.4, -0.2) is 18.1 Å². The third-order valence-corrected chi connectivity index (χ3v) is 2.11. The van der Waals surface area contributed by atoms with Crippen molar-refractivity contribution in [3.8, 4) is 11.8 Å². The van der Waals surface area contributed by atoms with Crippen LogP contribution in [0.25, 0.3) is 11.1 Å². The molecular weight excluding hydrogens is 229 g/mol. The van der Waals surface area contributed by atoms with Gasteiger partial charge in [0.05, 0.1) is 7.11 Å². The van der Waals surface area contributed by atoms with Gasteiger partial charge in [-0.2, -0.15) is 4.98 Å². The van der Waals surface area contributed by atoms with E-state index in [0.717, 1.165) is 0 Å². The lowest BCUT2D eigenvalue weighted by atomic mass is 10.3. The van der Waals surface area contributed by atoms with Crippen molar-refractivity contribution in [2.75, 3.05) is 7.11 Å². The van der Waals surface area contributed by atoms with Crippen LogP contribution in [0.2, 0.25) is 0 Å². The van der Waals surface area contributed by atoms with Crippen molar-refractivity contribution in [2.45, 2.75) is 13.3 Å². The van der Waals surface area contributed by atoms with Gasteiger partial charge in [-0.3, -0.25) is 4.79 Å². The Balaban J connectivity index is 2.45. The van der Waals surface area contributed by atoms with Crippen molar-refractivity contribution in [2.24, 2.45) is 0 Å². The fourth-order valence-electron chi connectivity index (χ4n) is 1.31. The molecule has 2 aromatic rings. The van der Waals surface area contributed by atoms with Crippen molar-refractivity contribution < 1.29 is 23.1 Å². The van der Waals surface area contributed by atoms with Crippen LogP contribution in [0.5, 0.6) is 11.8 Å². The Morgan fingerprint density at radius 1 is 1.53 bits per heavy atom. The van der Waals surface area contributed by atoms with Gasteiger partial charge in [0.25, 0.3) is 0 Å². The first-order chi connectivity index (χ1) is 8.13. The molecule has 0 saturated heterocycles. The van der Waals surface area contributed by atoms with Crippen LogP contribution >= 0.6 is 0 Å². The normalized spacial score (nSPS) is 10.5. The largest absolute Gasteiger partial charge is 0.493 e. The van der Waals surface area contributed by atoms with Crippen LogP contribution in [0.1, 0.15) is 13.3 Å². The summed E-state index contributed by atoms with van der Waals surface area (Å²) in [5.74, 6) is -0.779. The molecule has 0 amide bonds. The van der Waals surface area contributed by atoms with E-state index in [4.69, 9.17) is 13.9 Å². The van der Waals surface area contributed by atoms with Crippen LogP contribution in [0.4, 0.5) is 4.39 Å². The summed E-state index contributed by atoms with van der Waals surface area (Å²) in [6.07, 6.45) is -0.0136. The average molecular weight is 239 g/mol. The molecule has 1 aromatic carbocycles. The molecule has 5 nitrogen and oxygen atoms in total. The number of carbonyl (C=O) groups is 1. The van der Waals surface area contributed by atoms with E-state index in [9.17, 15) is 9.18 Å². The molecule has 0 spiro atoms. The van der Waals surface area contributed by atoms with E-state index < -0.39 is 11.8 Å². The van der Waals surface area contributed by atoms with E-state index in [2.05, 4.69) is 4.98 Å². The van der Waals surface area contributed by atoms with E-state index in [1.165, 1.54) is 19.2 Å². The number of benzene rings is 1. The summed E-state index contributed by atoms with van der Waals surface area (Å²) in [4.78, 5) is 14.9. The van der Waals surface area contributed by atoms with Crippen LogP contribution in [0.3, 0.4) is 0 Å². The van der Waals surface area contributed by atoms with E-state index in [1.807, 2.05) is 0 Å². The lowest BCUT2D eigenvalue weighted by Crippen LogP contribution is -2.05. The highest BCUT2D eigenvalue weighted by Crippen LogP contribution is 2.30. The lowest BCUT2D eigenvalue weighted by molar-refractivity contribution is -0.135. The molecule has 1 aromatic heterocycles. The van der Waals surface area contributed by atoms with Gasteiger partial charge in [-0.05, 0) is 0 Å². The third kappa shape index (κ3) is 2.20.